The van der Waals surface area contributed by atoms with Crippen LogP contribution in [0.2, 0.25) is 0 Å². The molecule has 0 spiro atoms. The van der Waals surface area contributed by atoms with E-state index in [4.69, 9.17) is 0 Å². The number of nitrogens with zero attached hydrogens (tertiary/aromatic N) is 5. The van der Waals surface area contributed by atoms with Crippen LogP contribution in [0.5, 0.6) is 0 Å². The molecule has 2 aromatic rings. The second-order valence-electron chi connectivity index (χ2n) is 6.49. The predicted octanol–water partition coefficient (Wildman–Crippen LogP) is 2.60. The minimum atomic E-state index is 0.431. The Morgan fingerprint density at radius 2 is 1.96 bits per heavy atom. The predicted molar refractivity (Wildman–Crippen MR) is 109 cm³/mol. The molecule has 1 aromatic heterocycles. The van der Waals surface area contributed by atoms with Crippen molar-refractivity contribution in [3.63, 3.8) is 0 Å². The summed E-state index contributed by atoms with van der Waals surface area (Å²) in [5.41, 5.74) is 1.36. The van der Waals surface area contributed by atoms with Crippen LogP contribution in [-0.2, 0) is 6.54 Å². The van der Waals surface area contributed by atoms with Crippen LogP contribution in [0, 0.1) is 0 Å². The maximum atomic E-state index is 4.45. The summed E-state index contributed by atoms with van der Waals surface area (Å²) < 4.78 is 3.06. The van der Waals surface area contributed by atoms with Gasteiger partial charge in [0.2, 0.25) is 0 Å². The zero-order chi connectivity index (χ0) is 18.4. The highest BCUT2D eigenvalue weighted by Crippen LogP contribution is 2.23. The molecule has 7 heteroatoms. The number of benzene rings is 1. The lowest BCUT2D eigenvalue weighted by molar-refractivity contribution is 0.138. The SMILES string of the molecule is CN=C(NCCn1cccn1)N1CCN(C(C)c2ccc(Br)cc2)CC1. The van der Waals surface area contributed by atoms with Gasteiger partial charge in [-0.1, -0.05) is 28.1 Å². The van der Waals surface area contributed by atoms with Crippen molar-refractivity contribution in [2.24, 2.45) is 4.99 Å². The Morgan fingerprint density at radius 3 is 2.58 bits per heavy atom. The molecule has 1 fully saturated rings. The summed E-state index contributed by atoms with van der Waals surface area (Å²) in [5, 5.41) is 7.68. The number of aromatic nitrogens is 2. The van der Waals surface area contributed by atoms with Crippen molar-refractivity contribution >= 4 is 21.9 Å². The summed E-state index contributed by atoms with van der Waals surface area (Å²) in [7, 11) is 1.85. The molecule has 1 aromatic carbocycles. The molecule has 3 rings (SSSR count). The minimum Gasteiger partial charge on any atom is -0.354 e. The Kier molecular flexibility index (Phi) is 6.68. The van der Waals surface area contributed by atoms with Crippen molar-refractivity contribution in [3.8, 4) is 0 Å². The normalized spacial score (nSPS) is 17.3. The van der Waals surface area contributed by atoms with E-state index in [-0.39, 0.29) is 0 Å². The van der Waals surface area contributed by atoms with E-state index in [0.717, 1.165) is 49.7 Å². The molecule has 2 heterocycles. The molecule has 0 radical (unpaired) electrons. The maximum Gasteiger partial charge on any atom is 0.193 e. The quantitative estimate of drug-likeness (QED) is 0.598. The van der Waals surface area contributed by atoms with Gasteiger partial charge >= 0.3 is 0 Å². The van der Waals surface area contributed by atoms with Gasteiger partial charge in [0.15, 0.2) is 5.96 Å². The van der Waals surface area contributed by atoms with Crippen LogP contribution in [0.4, 0.5) is 0 Å². The molecule has 0 bridgehead atoms. The van der Waals surface area contributed by atoms with Crippen molar-refractivity contribution in [3.05, 3.63) is 52.8 Å². The van der Waals surface area contributed by atoms with Crippen molar-refractivity contribution in [1.29, 1.82) is 0 Å². The van der Waals surface area contributed by atoms with Crippen LogP contribution in [-0.4, -0.2) is 65.3 Å². The molecule has 1 saturated heterocycles. The second kappa shape index (κ2) is 9.19. The van der Waals surface area contributed by atoms with Crippen molar-refractivity contribution < 1.29 is 0 Å². The molecule has 140 valence electrons. The topological polar surface area (TPSA) is 48.7 Å². The molecular weight excluding hydrogens is 392 g/mol. The van der Waals surface area contributed by atoms with Crippen molar-refractivity contribution in [1.82, 2.24) is 24.9 Å². The Bertz CT molecular complexity index is 689. The largest absolute Gasteiger partial charge is 0.354 e. The van der Waals surface area contributed by atoms with E-state index in [0.29, 0.717) is 6.04 Å². The van der Waals surface area contributed by atoms with Crippen LogP contribution in [0.3, 0.4) is 0 Å². The fourth-order valence-corrected chi connectivity index (χ4v) is 3.58. The highest BCUT2D eigenvalue weighted by atomic mass is 79.9. The van der Waals surface area contributed by atoms with Crippen LogP contribution in [0.25, 0.3) is 0 Å². The number of guanidine groups is 1. The molecule has 26 heavy (non-hydrogen) atoms. The molecule has 0 amide bonds. The van der Waals surface area contributed by atoms with Gasteiger partial charge in [-0.25, -0.2) is 0 Å². The Balaban J connectivity index is 1.47. The first kappa shape index (κ1) is 18.9. The smallest absolute Gasteiger partial charge is 0.193 e. The number of piperazine rings is 1. The lowest BCUT2D eigenvalue weighted by Gasteiger charge is -2.39. The lowest BCUT2D eigenvalue weighted by atomic mass is 10.1. The molecular formula is C19H27BrN6. The van der Waals surface area contributed by atoms with Gasteiger partial charge in [0, 0.05) is 62.7 Å². The molecule has 1 unspecified atom stereocenters. The summed E-state index contributed by atoms with van der Waals surface area (Å²) in [5.74, 6) is 0.980. The average molecular weight is 419 g/mol. The number of hydrogen-bond acceptors (Lipinski definition) is 3. The Hall–Kier alpha value is -1.86. The maximum absolute atomic E-state index is 4.45. The molecule has 6 nitrogen and oxygen atoms in total. The van der Waals surface area contributed by atoms with Gasteiger partial charge in [0.1, 0.15) is 0 Å². The zero-order valence-corrected chi connectivity index (χ0v) is 17.1. The average Bonchev–Trinajstić information content (AvgIpc) is 3.19. The van der Waals surface area contributed by atoms with Gasteiger partial charge in [-0.15, -0.1) is 0 Å². The first-order valence-electron chi connectivity index (χ1n) is 9.10. The van der Waals surface area contributed by atoms with E-state index in [1.807, 2.05) is 24.0 Å². The fraction of sp³-hybridized carbons (Fsp3) is 0.474. The summed E-state index contributed by atoms with van der Waals surface area (Å²) >= 11 is 3.51. The number of nitrogens with one attached hydrogen (secondary N) is 1. The Morgan fingerprint density at radius 1 is 1.23 bits per heavy atom. The highest BCUT2D eigenvalue weighted by Gasteiger charge is 2.23. The monoisotopic (exact) mass is 418 g/mol. The third kappa shape index (κ3) is 4.86. The number of aliphatic imine (C=N–C) groups is 1. The van der Waals surface area contributed by atoms with Crippen LogP contribution in [0.15, 0.2) is 52.2 Å². The summed E-state index contributed by atoms with van der Waals surface area (Å²) in [6.45, 7) is 8.01. The number of rotatable bonds is 5. The van der Waals surface area contributed by atoms with E-state index in [1.54, 1.807) is 6.20 Å². The van der Waals surface area contributed by atoms with Crippen molar-refractivity contribution in [2.75, 3.05) is 39.8 Å². The van der Waals surface area contributed by atoms with Gasteiger partial charge in [-0.2, -0.15) is 5.10 Å². The van der Waals surface area contributed by atoms with Gasteiger partial charge in [-0.3, -0.25) is 14.6 Å². The summed E-state index contributed by atoms with van der Waals surface area (Å²) in [6.07, 6.45) is 3.79. The fourth-order valence-electron chi connectivity index (χ4n) is 3.32. The summed E-state index contributed by atoms with van der Waals surface area (Å²) in [6, 6.07) is 11.0. The van der Waals surface area contributed by atoms with Gasteiger partial charge in [0.05, 0.1) is 6.54 Å². The van der Waals surface area contributed by atoms with Gasteiger partial charge in [0.25, 0.3) is 0 Å². The first-order valence-corrected chi connectivity index (χ1v) is 9.89. The van der Waals surface area contributed by atoms with Crippen LogP contribution < -0.4 is 5.32 Å². The molecule has 0 aliphatic carbocycles. The molecule has 1 aliphatic heterocycles. The van der Waals surface area contributed by atoms with E-state index in [2.05, 4.69) is 72.3 Å². The Labute approximate surface area is 164 Å². The second-order valence-corrected chi connectivity index (χ2v) is 7.41. The van der Waals surface area contributed by atoms with Gasteiger partial charge < -0.3 is 10.2 Å². The summed E-state index contributed by atoms with van der Waals surface area (Å²) in [4.78, 5) is 9.33. The van der Waals surface area contributed by atoms with Gasteiger partial charge in [-0.05, 0) is 30.7 Å². The molecule has 1 N–H and O–H groups in total. The van der Waals surface area contributed by atoms with E-state index in [1.165, 1.54) is 5.56 Å². The number of hydrogen-bond donors (Lipinski definition) is 1. The molecule has 0 saturated carbocycles. The number of halogens is 1. The van der Waals surface area contributed by atoms with Crippen molar-refractivity contribution in [2.45, 2.75) is 19.5 Å². The minimum absolute atomic E-state index is 0.431. The molecule has 1 aliphatic rings. The first-order chi connectivity index (χ1) is 12.7. The van der Waals surface area contributed by atoms with E-state index in [9.17, 15) is 0 Å². The van der Waals surface area contributed by atoms with E-state index < -0.39 is 0 Å². The third-order valence-electron chi connectivity index (χ3n) is 4.91. The lowest BCUT2D eigenvalue weighted by Crippen LogP contribution is -2.53. The zero-order valence-electron chi connectivity index (χ0n) is 15.5. The van der Waals surface area contributed by atoms with Crippen LogP contribution in [0.1, 0.15) is 18.5 Å². The standard InChI is InChI=1S/C19H27BrN6/c1-16(17-4-6-18(20)7-5-17)24-12-14-25(15-13-24)19(21-2)22-9-11-26-10-3-8-23-26/h3-8,10,16H,9,11-15H2,1-2H3,(H,21,22). The van der Waals surface area contributed by atoms with Crippen LogP contribution >= 0.6 is 15.9 Å². The van der Waals surface area contributed by atoms with E-state index >= 15 is 0 Å². The third-order valence-corrected chi connectivity index (χ3v) is 5.44. The highest BCUT2D eigenvalue weighted by molar-refractivity contribution is 9.10. The molecule has 1 atom stereocenters.